The van der Waals surface area contributed by atoms with Gasteiger partial charge in [0.15, 0.2) is 0 Å². The van der Waals surface area contributed by atoms with Gasteiger partial charge in [-0.25, -0.2) is 0 Å². The number of rotatable bonds is 7. The Kier molecular flexibility index (Phi) is 8.81. The van der Waals surface area contributed by atoms with Crippen LogP contribution in [-0.2, 0) is 0 Å². The Labute approximate surface area is 335 Å². The van der Waals surface area contributed by atoms with Gasteiger partial charge in [-0.15, -0.1) is 0 Å². The highest BCUT2D eigenvalue weighted by atomic mass is 14.2. The second-order valence-corrected chi connectivity index (χ2v) is 15.4. The lowest BCUT2D eigenvalue weighted by atomic mass is 9.83. The van der Waals surface area contributed by atoms with Gasteiger partial charge in [-0.2, -0.15) is 0 Å². The Bertz CT molecular complexity index is 3000. The Morgan fingerprint density at radius 3 is 1.28 bits per heavy atom. The van der Waals surface area contributed by atoms with E-state index in [2.05, 4.69) is 226 Å². The van der Waals surface area contributed by atoms with Crippen molar-refractivity contribution in [2.24, 2.45) is 0 Å². The van der Waals surface area contributed by atoms with E-state index < -0.39 is 0 Å². The molecule has 0 saturated heterocycles. The molecule has 0 N–H and O–H groups in total. The second kappa shape index (κ2) is 14.6. The average Bonchev–Trinajstić information content (AvgIpc) is 3.28. The van der Waals surface area contributed by atoms with Gasteiger partial charge in [-0.1, -0.05) is 220 Å². The summed E-state index contributed by atoms with van der Waals surface area (Å²) in [6.07, 6.45) is 0. The summed E-state index contributed by atoms with van der Waals surface area (Å²) in [6.45, 7) is 4.54. The van der Waals surface area contributed by atoms with Gasteiger partial charge >= 0.3 is 0 Å². The zero-order valence-corrected chi connectivity index (χ0v) is 32.3. The Hall–Kier alpha value is -7.02. The summed E-state index contributed by atoms with van der Waals surface area (Å²) in [5.74, 6) is 0.457. The smallest absolute Gasteiger partial charge is 0.00261 e. The molecule has 0 spiro atoms. The molecular formula is C57H42. The molecule has 0 aliphatic heterocycles. The van der Waals surface area contributed by atoms with Crippen LogP contribution in [0.5, 0.6) is 0 Å². The first-order valence-electron chi connectivity index (χ1n) is 20.0. The van der Waals surface area contributed by atoms with E-state index in [1.807, 2.05) is 0 Å². The lowest BCUT2D eigenvalue weighted by molar-refractivity contribution is 0.867. The van der Waals surface area contributed by atoms with Crippen LogP contribution < -0.4 is 0 Å². The Morgan fingerprint density at radius 2 is 0.684 bits per heavy atom. The highest BCUT2D eigenvalue weighted by molar-refractivity contribution is 6.21. The summed E-state index contributed by atoms with van der Waals surface area (Å²) in [6, 6.07) is 78.2. The number of hydrogen-bond donors (Lipinski definition) is 0. The summed E-state index contributed by atoms with van der Waals surface area (Å²) < 4.78 is 0. The Balaban J connectivity index is 1.10. The van der Waals surface area contributed by atoms with Crippen molar-refractivity contribution in [3.63, 3.8) is 0 Å². The topological polar surface area (TPSA) is 0 Å². The van der Waals surface area contributed by atoms with Crippen LogP contribution >= 0.6 is 0 Å². The fraction of sp³-hybridized carbons (Fsp3) is 0.0526. The molecule has 0 bridgehead atoms. The summed E-state index contributed by atoms with van der Waals surface area (Å²) >= 11 is 0. The second-order valence-electron chi connectivity index (χ2n) is 15.4. The molecule has 0 radical (unpaired) electrons. The minimum atomic E-state index is 0.457. The molecule has 57 heavy (non-hydrogen) atoms. The molecule has 0 fully saturated rings. The third kappa shape index (κ3) is 6.30. The van der Waals surface area contributed by atoms with Gasteiger partial charge < -0.3 is 0 Å². The van der Waals surface area contributed by atoms with E-state index >= 15 is 0 Å². The van der Waals surface area contributed by atoms with E-state index in [0.717, 1.165) is 0 Å². The molecule has 270 valence electrons. The molecule has 0 amide bonds. The van der Waals surface area contributed by atoms with Crippen LogP contribution in [0.25, 0.3) is 99.1 Å². The van der Waals surface area contributed by atoms with Crippen LogP contribution in [0.1, 0.15) is 25.3 Å². The molecular weight excluding hydrogens is 685 g/mol. The van der Waals surface area contributed by atoms with Crippen molar-refractivity contribution < 1.29 is 0 Å². The first-order valence-corrected chi connectivity index (χ1v) is 20.0. The van der Waals surface area contributed by atoms with Crippen LogP contribution in [0, 0.1) is 0 Å². The largest absolute Gasteiger partial charge is 0.0622 e. The summed E-state index contributed by atoms with van der Waals surface area (Å²) in [5, 5.41) is 7.62. The van der Waals surface area contributed by atoms with Gasteiger partial charge in [0.2, 0.25) is 0 Å². The first kappa shape index (κ1) is 34.5. The normalized spacial score (nSPS) is 11.5. The molecule has 0 aromatic heterocycles. The predicted molar refractivity (Wildman–Crippen MR) is 246 cm³/mol. The summed E-state index contributed by atoms with van der Waals surface area (Å²) in [5.41, 5.74) is 16.2. The summed E-state index contributed by atoms with van der Waals surface area (Å²) in [7, 11) is 0. The van der Waals surface area contributed by atoms with Crippen LogP contribution in [-0.4, -0.2) is 0 Å². The van der Waals surface area contributed by atoms with Crippen LogP contribution in [0.2, 0.25) is 0 Å². The van der Waals surface area contributed by atoms with Gasteiger partial charge in [0.05, 0.1) is 0 Å². The van der Waals surface area contributed by atoms with Crippen LogP contribution in [0.4, 0.5) is 0 Å². The fourth-order valence-electron chi connectivity index (χ4n) is 8.77. The van der Waals surface area contributed by atoms with E-state index in [1.165, 1.54) is 105 Å². The third-order valence-corrected chi connectivity index (χ3v) is 11.7. The fourth-order valence-corrected chi connectivity index (χ4v) is 8.77. The maximum atomic E-state index is 2.42. The molecule has 0 saturated carbocycles. The minimum absolute atomic E-state index is 0.457. The Morgan fingerprint density at radius 1 is 0.263 bits per heavy atom. The van der Waals surface area contributed by atoms with E-state index in [0.29, 0.717) is 5.92 Å². The highest BCUT2D eigenvalue weighted by Crippen LogP contribution is 2.46. The monoisotopic (exact) mass is 726 g/mol. The molecule has 0 atom stereocenters. The average molecular weight is 727 g/mol. The first-order chi connectivity index (χ1) is 28.1. The zero-order valence-electron chi connectivity index (χ0n) is 32.3. The third-order valence-electron chi connectivity index (χ3n) is 11.7. The van der Waals surface area contributed by atoms with Crippen molar-refractivity contribution in [1.82, 2.24) is 0 Å². The summed E-state index contributed by atoms with van der Waals surface area (Å²) in [4.78, 5) is 0. The molecule has 0 heteroatoms. The van der Waals surface area contributed by atoms with Crippen molar-refractivity contribution in [1.29, 1.82) is 0 Å². The highest BCUT2D eigenvalue weighted by Gasteiger charge is 2.19. The van der Waals surface area contributed by atoms with E-state index in [-0.39, 0.29) is 0 Å². The van der Waals surface area contributed by atoms with Crippen LogP contribution in [0.3, 0.4) is 0 Å². The molecule has 0 heterocycles. The predicted octanol–water partition coefficient (Wildman–Crippen LogP) is 16.3. The van der Waals surface area contributed by atoms with Crippen molar-refractivity contribution in [2.75, 3.05) is 0 Å². The zero-order chi connectivity index (χ0) is 38.3. The van der Waals surface area contributed by atoms with Crippen molar-refractivity contribution in [3.8, 4) is 66.8 Å². The number of fused-ring (bicyclic) bond motifs is 3. The quantitative estimate of drug-likeness (QED) is 0.143. The number of hydrogen-bond acceptors (Lipinski definition) is 0. The van der Waals surface area contributed by atoms with E-state index in [9.17, 15) is 0 Å². The van der Waals surface area contributed by atoms with Gasteiger partial charge in [0.1, 0.15) is 0 Å². The minimum Gasteiger partial charge on any atom is -0.0622 e. The van der Waals surface area contributed by atoms with Gasteiger partial charge in [0, 0.05) is 0 Å². The number of benzene rings is 10. The van der Waals surface area contributed by atoms with Gasteiger partial charge in [-0.3, -0.25) is 0 Å². The maximum Gasteiger partial charge on any atom is -0.00261 e. The molecule has 0 unspecified atom stereocenters. The maximum absolute atomic E-state index is 2.42. The van der Waals surface area contributed by atoms with Crippen LogP contribution in [0.15, 0.2) is 212 Å². The SMILES string of the molecule is CC(C)c1cccc(-c2c3ccccc3c(-c3ccc(-c4ccccc4)c(-c4ccc(-c5ccc(-c6cccc7ccccc67)cc5)cc4)c3)c3ccccc23)c1. The molecule has 0 nitrogen and oxygen atoms in total. The van der Waals surface area contributed by atoms with E-state index in [1.54, 1.807) is 0 Å². The molecule has 0 aliphatic rings. The molecule has 10 aromatic rings. The molecule has 10 aromatic carbocycles. The van der Waals surface area contributed by atoms with Gasteiger partial charge in [-0.05, 0) is 117 Å². The lowest BCUT2D eigenvalue weighted by Crippen LogP contribution is -1.93. The lowest BCUT2D eigenvalue weighted by Gasteiger charge is -2.20. The van der Waals surface area contributed by atoms with Crippen molar-refractivity contribution >= 4 is 32.3 Å². The van der Waals surface area contributed by atoms with Crippen molar-refractivity contribution in [2.45, 2.75) is 19.8 Å². The van der Waals surface area contributed by atoms with Gasteiger partial charge in [0.25, 0.3) is 0 Å². The molecule has 0 aliphatic carbocycles. The standard InChI is InChI=1S/C57H42/c1-38(2)45-18-12-19-46(36-45)56-51-21-8-10-23-53(51)57(54-24-11-9-22-52(54)56)47-34-35-50(41-14-4-3-5-15-41)55(37-47)44-32-28-40(29-33-44)39-26-30-43(31-27-39)49-25-13-17-42-16-6-7-20-48(42)49/h3-38H,1-2H3. The van der Waals surface area contributed by atoms with E-state index in [4.69, 9.17) is 0 Å². The van der Waals surface area contributed by atoms with Crippen molar-refractivity contribution in [3.05, 3.63) is 218 Å². The molecule has 10 rings (SSSR count).